The van der Waals surface area contributed by atoms with Gasteiger partial charge in [-0.15, -0.1) is 10.2 Å². The van der Waals surface area contributed by atoms with E-state index in [-0.39, 0.29) is 12.7 Å². The molecule has 0 aliphatic heterocycles. The van der Waals surface area contributed by atoms with Gasteiger partial charge in [0.15, 0.2) is 5.16 Å². The van der Waals surface area contributed by atoms with Crippen molar-refractivity contribution in [1.82, 2.24) is 14.8 Å². The van der Waals surface area contributed by atoms with Crippen molar-refractivity contribution in [1.29, 1.82) is 0 Å². The molecule has 0 saturated carbocycles. The van der Waals surface area contributed by atoms with Crippen LogP contribution >= 0.6 is 23.4 Å². The van der Waals surface area contributed by atoms with Crippen molar-refractivity contribution < 1.29 is 9.84 Å². The van der Waals surface area contributed by atoms with Crippen LogP contribution in [0.4, 0.5) is 0 Å². The van der Waals surface area contributed by atoms with Crippen molar-refractivity contribution in [2.45, 2.75) is 24.3 Å². The molecule has 114 valence electrons. The summed E-state index contributed by atoms with van der Waals surface area (Å²) in [6.07, 6.45) is 0.992. The molecule has 2 rings (SSSR count). The van der Waals surface area contributed by atoms with Gasteiger partial charge < -0.3 is 14.4 Å². The molecular formula is C14H18ClN3O2S. The Labute approximate surface area is 133 Å². The summed E-state index contributed by atoms with van der Waals surface area (Å²) >= 11 is 7.30. The Bertz CT molecular complexity index is 562. The number of hydrogen-bond donors (Lipinski definition) is 1. The third-order valence-electron chi connectivity index (χ3n) is 2.95. The smallest absolute Gasteiger partial charge is 0.190 e. The van der Waals surface area contributed by atoms with Crippen LogP contribution in [0.15, 0.2) is 35.7 Å². The lowest BCUT2D eigenvalue weighted by Gasteiger charge is -2.16. The van der Waals surface area contributed by atoms with Gasteiger partial charge >= 0.3 is 0 Å². The normalized spacial score (nSPS) is 14.1. The molecule has 0 bridgehead atoms. The predicted molar refractivity (Wildman–Crippen MR) is 83.6 cm³/mol. The quantitative estimate of drug-likeness (QED) is 0.792. The fraction of sp³-hybridized carbons (Fsp3) is 0.429. The van der Waals surface area contributed by atoms with Gasteiger partial charge in [-0.3, -0.25) is 0 Å². The van der Waals surface area contributed by atoms with Crippen LogP contribution in [0.5, 0.6) is 0 Å². The van der Waals surface area contributed by atoms with E-state index in [2.05, 4.69) is 10.2 Å². The van der Waals surface area contributed by atoms with E-state index in [4.69, 9.17) is 16.3 Å². The average molecular weight is 328 g/mol. The number of aliphatic hydroxyl groups is 1. The lowest BCUT2D eigenvalue weighted by molar-refractivity contribution is 0.00621. The van der Waals surface area contributed by atoms with Crippen LogP contribution in [-0.2, 0) is 11.8 Å². The summed E-state index contributed by atoms with van der Waals surface area (Å²) in [5.41, 5.74) is 1.03. The molecule has 0 fully saturated rings. The second-order valence-electron chi connectivity index (χ2n) is 4.72. The lowest BCUT2D eigenvalue weighted by atomic mass is 10.1. The van der Waals surface area contributed by atoms with Crippen LogP contribution in [0.25, 0.3) is 0 Å². The largest absolute Gasteiger partial charge is 0.390 e. The van der Waals surface area contributed by atoms with Gasteiger partial charge in [0.05, 0.1) is 18.8 Å². The van der Waals surface area contributed by atoms with E-state index in [9.17, 15) is 5.11 Å². The Morgan fingerprint density at radius 1 is 1.38 bits per heavy atom. The van der Waals surface area contributed by atoms with Gasteiger partial charge in [-0.1, -0.05) is 35.5 Å². The molecule has 0 radical (unpaired) electrons. The Kier molecular flexibility index (Phi) is 6.05. The number of rotatable bonds is 7. The molecular weight excluding hydrogens is 310 g/mol. The first-order valence-corrected chi connectivity index (χ1v) is 7.94. The number of aliphatic hydroxyl groups excluding tert-OH is 1. The first kappa shape index (κ1) is 16.3. The van der Waals surface area contributed by atoms with Gasteiger partial charge in [-0.2, -0.15) is 0 Å². The van der Waals surface area contributed by atoms with Gasteiger partial charge in [-0.05, 0) is 24.6 Å². The van der Waals surface area contributed by atoms with E-state index >= 15 is 0 Å². The third kappa shape index (κ3) is 5.00. The summed E-state index contributed by atoms with van der Waals surface area (Å²) in [5, 5.41) is 19.2. The van der Waals surface area contributed by atoms with Crippen molar-refractivity contribution in [2.24, 2.45) is 7.05 Å². The summed E-state index contributed by atoms with van der Waals surface area (Å²) in [7, 11) is 1.87. The monoisotopic (exact) mass is 327 g/mol. The molecule has 0 amide bonds. The molecule has 0 aliphatic rings. The van der Waals surface area contributed by atoms with Gasteiger partial charge in [0.25, 0.3) is 0 Å². The van der Waals surface area contributed by atoms with Crippen molar-refractivity contribution in [3.8, 4) is 0 Å². The van der Waals surface area contributed by atoms with Crippen molar-refractivity contribution in [3.63, 3.8) is 0 Å². The molecule has 2 aromatic rings. The van der Waals surface area contributed by atoms with E-state index in [1.54, 1.807) is 6.33 Å². The SMILES string of the molecule is C[C@@H](OC[C@H](O)CSc1nncn1C)c1ccc(Cl)cc1. The Morgan fingerprint density at radius 3 is 2.71 bits per heavy atom. The standard InChI is InChI=1S/C14H18ClN3O2S/c1-10(11-3-5-12(15)6-4-11)20-7-13(19)8-21-14-17-16-9-18(14)2/h3-6,9-10,13,19H,7-8H2,1-2H3/t10-,13+/m1/s1. The molecule has 5 nitrogen and oxygen atoms in total. The zero-order chi connectivity index (χ0) is 15.2. The average Bonchev–Trinajstić information content (AvgIpc) is 2.88. The van der Waals surface area contributed by atoms with E-state index in [0.29, 0.717) is 10.8 Å². The maximum absolute atomic E-state index is 9.95. The van der Waals surface area contributed by atoms with Gasteiger partial charge in [0.2, 0.25) is 0 Å². The van der Waals surface area contributed by atoms with Crippen molar-refractivity contribution in [3.05, 3.63) is 41.2 Å². The molecule has 0 aliphatic carbocycles. The Morgan fingerprint density at radius 2 is 2.10 bits per heavy atom. The third-order valence-corrected chi connectivity index (χ3v) is 4.38. The second kappa shape index (κ2) is 7.79. The minimum atomic E-state index is -0.554. The second-order valence-corrected chi connectivity index (χ2v) is 6.14. The van der Waals surface area contributed by atoms with Crippen LogP contribution < -0.4 is 0 Å². The molecule has 1 N–H and O–H groups in total. The predicted octanol–water partition coefficient (Wildman–Crippen LogP) is 2.70. The van der Waals surface area contributed by atoms with Gasteiger partial charge in [0.1, 0.15) is 6.33 Å². The summed E-state index contributed by atoms with van der Waals surface area (Å²) in [6, 6.07) is 7.51. The fourth-order valence-corrected chi connectivity index (χ4v) is 2.63. The van der Waals surface area contributed by atoms with Crippen LogP contribution in [0, 0.1) is 0 Å². The van der Waals surface area contributed by atoms with Gasteiger partial charge in [-0.25, -0.2) is 0 Å². The summed E-state index contributed by atoms with van der Waals surface area (Å²) in [4.78, 5) is 0. The van der Waals surface area contributed by atoms with Crippen LogP contribution in [0.2, 0.25) is 5.02 Å². The molecule has 1 aromatic heterocycles. The number of thioether (sulfide) groups is 1. The van der Waals surface area contributed by atoms with E-state index in [0.717, 1.165) is 10.7 Å². The van der Waals surface area contributed by atoms with Crippen molar-refractivity contribution >= 4 is 23.4 Å². The Balaban J connectivity index is 1.74. The topological polar surface area (TPSA) is 60.2 Å². The summed E-state index contributed by atoms with van der Waals surface area (Å²) < 4.78 is 7.49. The van der Waals surface area contributed by atoms with Gasteiger partial charge in [0, 0.05) is 17.8 Å². The minimum absolute atomic E-state index is 0.0863. The molecule has 0 spiro atoms. The molecule has 1 heterocycles. The summed E-state index contributed by atoms with van der Waals surface area (Å²) in [5.74, 6) is 0.514. The molecule has 21 heavy (non-hydrogen) atoms. The number of ether oxygens (including phenoxy) is 1. The molecule has 1 aromatic carbocycles. The van der Waals surface area contributed by atoms with E-state index < -0.39 is 6.10 Å². The number of aryl methyl sites for hydroxylation is 1. The van der Waals surface area contributed by atoms with E-state index in [1.807, 2.05) is 42.8 Å². The molecule has 0 unspecified atom stereocenters. The highest BCUT2D eigenvalue weighted by atomic mass is 35.5. The first-order chi connectivity index (χ1) is 10.1. The zero-order valence-electron chi connectivity index (χ0n) is 11.9. The van der Waals surface area contributed by atoms with E-state index in [1.165, 1.54) is 11.8 Å². The maximum Gasteiger partial charge on any atom is 0.190 e. The highest BCUT2D eigenvalue weighted by Crippen LogP contribution is 2.20. The lowest BCUT2D eigenvalue weighted by Crippen LogP contribution is -2.19. The maximum atomic E-state index is 9.95. The Hall–Kier alpha value is -1.08. The zero-order valence-corrected chi connectivity index (χ0v) is 13.5. The van der Waals surface area contributed by atoms with Crippen LogP contribution in [0.3, 0.4) is 0 Å². The fourth-order valence-electron chi connectivity index (χ4n) is 1.71. The highest BCUT2D eigenvalue weighted by Gasteiger charge is 2.12. The number of benzene rings is 1. The van der Waals surface area contributed by atoms with Crippen LogP contribution in [-0.4, -0.2) is 38.3 Å². The van der Waals surface area contributed by atoms with Crippen molar-refractivity contribution in [2.75, 3.05) is 12.4 Å². The molecule has 0 saturated heterocycles. The number of nitrogens with zero attached hydrogens (tertiary/aromatic N) is 3. The minimum Gasteiger partial charge on any atom is -0.390 e. The number of halogens is 1. The summed E-state index contributed by atoms with van der Waals surface area (Å²) in [6.45, 7) is 2.22. The van der Waals surface area contributed by atoms with Crippen LogP contribution in [0.1, 0.15) is 18.6 Å². The highest BCUT2D eigenvalue weighted by molar-refractivity contribution is 7.99. The first-order valence-electron chi connectivity index (χ1n) is 6.58. The molecule has 7 heteroatoms. The molecule has 2 atom stereocenters. The number of hydrogen-bond acceptors (Lipinski definition) is 5. The number of aromatic nitrogens is 3.